The molecule has 1 aliphatic carbocycles. The minimum absolute atomic E-state index is 0.116. The summed E-state index contributed by atoms with van der Waals surface area (Å²) in [6.07, 6.45) is 9.68. The van der Waals surface area contributed by atoms with Crippen molar-refractivity contribution in [2.75, 3.05) is 31.0 Å². The molecule has 0 spiro atoms. The summed E-state index contributed by atoms with van der Waals surface area (Å²) in [7, 11) is -1.55. The zero-order chi connectivity index (χ0) is 24.0. The maximum absolute atomic E-state index is 13.7. The van der Waals surface area contributed by atoms with Gasteiger partial charge in [0.2, 0.25) is 0 Å². The van der Waals surface area contributed by atoms with Crippen molar-refractivity contribution in [2.24, 2.45) is 0 Å². The van der Waals surface area contributed by atoms with Crippen LogP contribution in [-0.4, -0.2) is 50.0 Å². The lowest BCUT2D eigenvalue weighted by atomic mass is 9.96. The molecule has 0 amide bonds. The Morgan fingerprint density at radius 2 is 1.91 bits per heavy atom. The topological polar surface area (TPSA) is 66.4 Å². The number of hydrogen-bond acceptors (Lipinski definition) is 6. The summed E-state index contributed by atoms with van der Waals surface area (Å²) >= 11 is 1.72. The van der Waals surface area contributed by atoms with E-state index in [0.717, 1.165) is 62.0 Å². The number of aromatic nitrogens is 2. The number of pyridine rings is 1. The van der Waals surface area contributed by atoms with E-state index in [-0.39, 0.29) is 5.92 Å². The number of allylic oxidation sites excluding steroid dienone is 2. The lowest BCUT2D eigenvalue weighted by Gasteiger charge is -2.27. The minimum Gasteiger partial charge on any atom is -0.306 e. The van der Waals surface area contributed by atoms with Crippen LogP contribution in [0.3, 0.4) is 0 Å². The highest BCUT2D eigenvalue weighted by molar-refractivity contribution is 7.92. The molecule has 0 bridgehead atoms. The third kappa shape index (κ3) is 4.21. The van der Waals surface area contributed by atoms with Crippen molar-refractivity contribution in [3.05, 3.63) is 75.9 Å². The number of sulfonamides is 1. The molecular formula is C27H30N4O2S2. The van der Waals surface area contributed by atoms with Gasteiger partial charge in [0.1, 0.15) is 5.82 Å². The largest absolute Gasteiger partial charge is 0.306 e. The third-order valence-corrected chi connectivity index (χ3v) is 10.4. The second-order valence-electron chi connectivity index (χ2n) is 9.85. The molecule has 0 saturated carbocycles. The van der Waals surface area contributed by atoms with E-state index in [2.05, 4.69) is 29.5 Å². The van der Waals surface area contributed by atoms with Crippen LogP contribution in [-0.2, 0) is 10.0 Å². The molecule has 1 saturated heterocycles. The number of piperidine rings is 1. The van der Waals surface area contributed by atoms with Crippen molar-refractivity contribution in [1.82, 2.24) is 14.9 Å². The number of rotatable bonds is 5. The Morgan fingerprint density at radius 1 is 1.11 bits per heavy atom. The van der Waals surface area contributed by atoms with Crippen molar-refractivity contribution < 1.29 is 8.42 Å². The summed E-state index contributed by atoms with van der Waals surface area (Å²) in [6, 6.07) is 10.8. The van der Waals surface area contributed by atoms with Gasteiger partial charge in [0.05, 0.1) is 15.6 Å². The van der Waals surface area contributed by atoms with E-state index >= 15 is 0 Å². The van der Waals surface area contributed by atoms with Gasteiger partial charge in [-0.1, -0.05) is 24.3 Å². The van der Waals surface area contributed by atoms with Gasteiger partial charge in [0.25, 0.3) is 10.0 Å². The Labute approximate surface area is 211 Å². The van der Waals surface area contributed by atoms with Crippen molar-refractivity contribution >= 4 is 32.8 Å². The van der Waals surface area contributed by atoms with E-state index in [0.29, 0.717) is 23.2 Å². The standard InChI is InChI=1S/C27H30N4O2S2/c1-30-13-11-20(12-14-30)27-29-25(18-34-27)24-17-31(35(32,33)22-9-3-2-4-10-22)26-23(24)15-21(16-28-26)19-7-5-6-8-19/h2-4,7,9-10,15-16,18,20,24H,5-6,8,11-14,17H2,1H3. The minimum atomic E-state index is -3.72. The average molecular weight is 507 g/mol. The van der Waals surface area contributed by atoms with Crippen LogP contribution in [0.4, 0.5) is 5.82 Å². The van der Waals surface area contributed by atoms with Crippen molar-refractivity contribution in [3.8, 4) is 0 Å². The molecule has 8 heteroatoms. The second-order valence-corrected chi connectivity index (χ2v) is 12.6. The maximum atomic E-state index is 13.7. The highest BCUT2D eigenvalue weighted by atomic mass is 32.2. The van der Waals surface area contributed by atoms with Crippen LogP contribution < -0.4 is 4.31 Å². The number of anilines is 1. The number of likely N-dealkylation sites (tertiary alicyclic amines) is 1. The molecule has 4 heterocycles. The van der Waals surface area contributed by atoms with Crippen LogP contribution >= 0.6 is 11.3 Å². The summed E-state index contributed by atoms with van der Waals surface area (Å²) in [6.45, 7) is 2.52. The fraction of sp³-hybridized carbons (Fsp3) is 0.407. The first-order valence-corrected chi connectivity index (χ1v) is 14.7. The monoisotopic (exact) mass is 506 g/mol. The van der Waals surface area contributed by atoms with Gasteiger partial charge in [-0.15, -0.1) is 11.3 Å². The van der Waals surface area contributed by atoms with E-state index in [1.165, 1.54) is 14.9 Å². The molecule has 1 unspecified atom stereocenters. The molecule has 1 atom stereocenters. The Balaban J connectivity index is 1.39. The molecule has 6 rings (SSSR count). The fourth-order valence-corrected chi connectivity index (χ4v) is 8.01. The van der Waals surface area contributed by atoms with Crippen LogP contribution in [0, 0.1) is 0 Å². The fourth-order valence-electron chi connectivity index (χ4n) is 5.49. The number of nitrogens with zero attached hydrogens (tertiary/aromatic N) is 4. The van der Waals surface area contributed by atoms with Gasteiger partial charge in [-0.2, -0.15) is 0 Å². The molecule has 3 aromatic rings. The van der Waals surface area contributed by atoms with Crippen LogP contribution in [0.2, 0.25) is 0 Å². The lowest BCUT2D eigenvalue weighted by molar-refractivity contribution is 0.255. The molecule has 2 aliphatic heterocycles. The predicted octanol–water partition coefficient (Wildman–Crippen LogP) is 5.26. The Morgan fingerprint density at radius 3 is 2.66 bits per heavy atom. The normalized spacial score (nSPS) is 21.3. The molecule has 3 aliphatic rings. The van der Waals surface area contributed by atoms with Gasteiger partial charge < -0.3 is 4.90 Å². The molecule has 0 radical (unpaired) electrons. The summed E-state index contributed by atoms with van der Waals surface area (Å²) in [5.74, 6) is 0.910. The van der Waals surface area contributed by atoms with Gasteiger partial charge in [-0.25, -0.2) is 22.7 Å². The van der Waals surface area contributed by atoms with E-state index < -0.39 is 10.0 Å². The van der Waals surface area contributed by atoms with Gasteiger partial charge in [-0.3, -0.25) is 0 Å². The highest BCUT2D eigenvalue weighted by Crippen LogP contribution is 2.44. The number of fused-ring (bicyclic) bond motifs is 1. The van der Waals surface area contributed by atoms with Crippen LogP contribution in [0.25, 0.3) is 5.57 Å². The average Bonchev–Trinajstić information content (AvgIpc) is 3.64. The number of thiazole rings is 1. The van der Waals surface area contributed by atoms with E-state index in [1.54, 1.807) is 35.6 Å². The summed E-state index contributed by atoms with van der Waals surface area (Å²) < 4.78 is 28.8. The van der Waals surface area contributed by atoms with Crippen LogP contribution in [0.5, 0.6) is 0 Å². The van der Waals surface area contributed by atoms with Gasteiger partial charge >= 0.3 is 0 Å². The highest BCUT2D eigenvalue weighted by Gasteiger charge is 2.40. The van der Waals surface area contributed by atoms with Crippen molar-refractivity contribution in [1.29, 1.82) is 0 Å². The van der Waals surface area contributed by atoms with Crippen LogP contribution in [0.1, 0.15) is 65.8 Å². The van der Waals surface area contributed by atoms with Gasteiger partial charge in [0, 0.05) is 35.5 Å². The first kappa shape index (κ1) is 22.9. The summed E-state index contributed by atoms with van der Waals surface area (Å²) in [4.78, 5) is 12.5. The molecule has 2 aromatic heterocycles. The van der Waals surface area contributed by atoms with Gasteiger partial charge in [-0.05, 0) is 81.6 Å². The Bertz CT molecular complexity index is 1360. The molecule has 1 aromatic carbocycles. The van der Waals surface area contributed by atoms with E-state index in [9.17, 15) is 8.42 Å². The predicted molar refractivity (Wildman–Crippen MR) is 140 cm³/mol. The third-order valence-electron chi connectivity index (χ3n) is 7.56. The molecule has 182 valence electrons. The zero-order valence-corrected chi connectivity index (χ0v) is 21.6. The first-order valence-electron chi connectivity index (χ1n) is 12.4. The van der Waals surface area contributed by atoms with Gasteiger partial charge in [0.15, 0.2) is 0 Å². The summed E-state index contributed by atoms with van der Waals surface area (Å²) in [5, 5.41) is 3.32. The Kier molecular flexibility index (Phi) is 5.98. The Hall–Kier alpha value is -2.55. The zero-order valence-electron chi connectivity index (χ0n) is 19.9. The number of benzene rings is 1. The van der Waals surface area contributed by atoms with Crippen LogP contribution in [0.15, 0.2) is 58.9 Å². The van der Waals surface area contributed by atoms with E-state index in [4.69, 9.17) is 9.97 Å². The quantitative estimate of drug-likeness (QED) is 0.473. The lowest BCUT2D eigenvalue weighted by Crippen LogP contribution is -2.30. The van der Waals surface area contributed by atoms with Crippen molar-refractivity contribution in [3.63, 3.8) is 0 Å². The first-order chi connectivity index (χ1) is 17.0. The molecule has 1 fully saturated rings. The number of hydrogen-bond donors (Lipinski definition) is 0. The second kappa shape index (κ2) is 9.15. The molecule has 6 nitrogen and oxygen atoms in total. The molecule has 35 heavy (non-hydrogen) atoms. The smallest absolute Gasteiger partial charge is 0.265 e. The summed E-state index contributed by atoms with van der Waals surface area (Å²) in [5.41, 5.74) is 4.36. The SMILES string of the molecule is CN1CCC(c2nc(C3CN(S(=O)(=O)c4ccccc4)c4ncc(C5=CCCC5)cc43)cs2)CC1. The molecular weight excluding hydrogens is 476 g/mol. The van der Waals surface area contributed by atoms with E-state index in [1.807, 2.05) is 12.3 Å². The molecule has 0 N–H and O–H groups in total. The van der Waals surface area contributed by atoms with Crippen molar-refractivity contribution in [2.45, 2.75) is 48.8 Å². The maximum Gasteiger partial charge on any atom is 0.265 e.